The first-order valence-electron chi connectivity index (χ1n) is 9.76. The van der Waals surface area contributed by atoms with Crippen molar-refractivity contribution in [3.05, 3.63) is 69.7 Å². The Morgan fingerprint density at radius 3 is 2.73 bits per heavy atom. The van der Waals surface area contributed by atoms with Crippen LogP contribution in [-0.4, -0.2) is 22.8 Å². The summed E-state index contributed by atoms with van der Waals surface area (Å²) in [5.74, 6) is 1.13. The zero-order valence-corrected chi connectivity index (χ0v) is 19.4. The van der Waals surface area contributed by atoms with Crippen LogP contribution in [0.3, 0.4) is 0 Å². The monoisotopic (exact) mass is 499 g/mol. The van der Waals surface area contributed by atoms with Gasteiger partial charge in [0.05, 0.1) is 5.02 Å². The molecule has 1 amide bonds. The quantitative estimate of drug-likeness (QED) is 0.336. The van der Waals surface area contributed by atoms with Crippen molar-refractivity contribution in [2.45, 2.75) is 6.92 Å². The maximum Gasteiger partial charge on any atom is 0.257 e. The Morgan fingerprint density at radius 2 is 1.88 bits per heavy atom. The number of anilines is 1. The molecule has 0 radical (unpaired) electrons. The number of hydrogen-bond acceptors (Lipinski definition) is 6. The topological polar surface area (TPSA) is 85.6 Å². The van der Waals surface area contributed by atoms with Gasteiger partial charge in [-0.15, -0.1) is 0 Å². The molecule has 0 fully saturated rings. The number of ether oxygens (including phenoxy) is 2. The molecular formula is C23H15Cl2N3O4S. The summed E-state index contributed by atoms with van der Waals surface area (Å²) >= 11 is 17.6. The second kappa shape index (κ2) is 8.55. The number of oxazole rings is 1. The van der Waals surface area contributed by atoms with Crippen LogP contribution in [0.2, 0.25) is 10.0 Å². The molecule has 10 heteroatoms. The normalized spacial score (nSPS) is 12.1. The van der Waals surface area contributed by atoms with Crippen molar-refractivity contribution in [2.24, 2.45) is 0 Å². The minimum absolute atomic E-state index is 0.134. The van der Waals surface area contributed by atoms with Crippen LogP contribution in [0.25, 0.3) is 22.6 Å². The third-order valence-corrected chi connectivity index (χ3v) is 5.71. The van der Waals surface area contributed by atoms with E-state index in [1.165, 1.54) is 0 Å². The Bertz CT molecular complexity index is 1440. The first kappa shape index (κ1) is 21.5. The number of benzene rings is 3. The highest BCUT2D eigenvalue weighted by Crippen LogP contribution is 2.34. The number of thiocarbonyl (C=S) groups is 1. The number of nitrogens with one attached hydrogen (secondary N) is 2. The lowest BCUT2D eigenvalue weighted by molar-refractivity contribution is 0.0977. The van der Waals surface area contributed by atoms with Crippen LogP contribution < -0.4 is 20.1 Å². The lowest BCUT2D eigenvalue weighted by Crippen LogP contribution is -2.34. The lowest BCUT2D eigenvalue weighted by Gasteiger charge is -2.13. The van der Waals surface area contributed by atoms with Gasteiger partial charge in [0, 0.05) is 21.8 Å². The number of aryl methyl sites for hydroxylation is 1. The van der Waals surface area contributed by atoms with Crippen LogP contribution in [-0.2, 0) is 0 Å². The molecule has 0 bridgehead atoms. The van der Waals surface area contributed by atoms with Crippen LogP contribution in [0.4, 0.5) is 5.69 Å². The fraction of sp³-hybridized carbons (Fsp3) is 0.0870. The van der Waals surface area contributed by atoms with Crippen molar-refractivity contribution in [3.63, 3.8) is 0 Å². The lowest BCUT2D eigenvalue weighted by atomic mass is 10.1. The average molecular weight is 500 g/mol. The van der Waals surface area contributed by atoms with Crippen molar-refractivity contribution in [1.82, 2.24) is 10.3 Å². The van der Waals surface area contributed by atoms with Gasteiger partial charge in [-0.3, -0.25) is 10.1 Å². The van der Waals surface area contributed by atoms with E-state index in [9.17, 15) is 4.79 Å². The fourth-order valence-corrected chi connectivity index (χ4v) is 4.06. The van der Waals surface area contributed by atoms with E-state index in [4.69, 9.17) is 49.3 Å². The molecule has 0 saturated heterocycles. The molecule has 3 aromatic carbocycles. The largest absolute Gasteiger partial charge is 0.454 e. The SMILES string of the molecule is Cc1ccc(-c2nc3cc(Cl)cc(Cl)c3o2)cc1NC(=S)NC(=O)c1ccc2c(c1)OCO2. The van der Waals surface area contributed by atoms with Gasteiger partial charge in [-0.1, -0.05) is 29.3 Å². The first-order chi connectivity index (χ1) is 15.9. The Balaban J connectivity index is 1.35. The van der Waals surface area contributed by atoms with E-state index in [-0.39, 0.29) is 17.8 Å². The molecule has 0 saturated carbocycles. The number of hydrogen-bond donors (Lipinski definition) is 2. The summed E-state index contributed by atoms with van der Waals surface area (Å²) in [5, 5.41) is 6.73. The van der Waals surface area contributed by atoms with E-state index < -0.39 is 0 Å². The van der Waals surface area contributed by atoms with Gasteiger partial charge in [0.1, 0.15) is 5.52 Å². The highest BCUT2D eigenvalue weighted by atomic mass is 35.5. The molecule has 0 spiro atoms. The van der Waals surface area contributed by atoms with E-state index in [0.29, 0.717) is 55.3 Å². The predicted molar refractivity (Wildman–Crippen MR) is 130 cm³/mol. The molecule has 7 nitrogen and oxygen atoms in total. The number of rotatable bonds is 3. The molecule has 33 heavy (non-hydrogen) atoms. The molecule has 1 aliphatic heterocycles. The van der Waals surface area contributed by atoms with Gasteiger partial charge in [0.15, 0.2) is 22.2 Å². The van der Waals surface area contributed by atoms with Gasteiger partial charge in [-0.05, 0) is 67.2 Å². The molecule has 4 aromatic rings. The second-order valence-corrected chi connectivity index (χ2v) is 8.51. The molecule has 0 unspecified atom stereocenters. The van der Waals surface area contributed by atoms with Crippen molar-refractivity contribution >= 4 is 63.2 Å². The van der Waals surface area contributed by atoms with Crippen LogP contribution in [0, 0.1) is 6.92 Å². The van der Waals surface area contributed by atoms with Crippen molar-refractivity contribution in [2.75, 3.05) is 12.1 Å². The van der Waals surface area contributed by atoms with E-state index >= 15 is 0 Å². The Morgan fingerprint density at radius 1 is 1.06 bits per heavy atom. The minimum Gasteiger partial charge on any atom is -0.454 e. The number of halogens is 2. The molecule has 166 valence electrons. The van der Waals surface area contributed by atoms with Gasteiger partial charge >= 0.3 is 0 Å². The summed E-state index contributed by atoms with van der Waals surface area (Å²) in [6, 6.07) is 13.8. The van der Waals surface area contributed by atoms with E-state index in [2.05, 4.69) is 15.6 Å². The highest BCUT2D eigenvalue weighted by Gasteiger charge is 2.18. The van der Waals surface area contributed by atoms with Gasteiger partial charge in [0.25, 0.3) is 5.91 Å². The number of aromatic nitrogens is 1. The molecule has 2 N–H and O–H groups in total. The van der Waals surface area contributed by atoms with Crippen LogP contribution in [0.1, 0.15) is 15.9 Å². The zero-order chi connectivity index (χ0) is 23.1. The number of carbonyl (C=O) groups excluding carboxylic acids is 1. The Kier molecular flexibility index (Phi) is 5.57. The summed E-state index contributed by atoms with van der Waals surface area (Å²) in [7, 11) is 0. The molecule has 1 aliphatic rings. The third kappa shape index (κ3) is 4.32. The van der Waals surface area contributed by atoms with E-state index in [0.717, 1.165) is 5.56 Å². The summed E-state index contributed by atoms with van der Waals surface area (Å²) in [4.78, 5) is 17.1. The first-order valence-corrected chi connectivity index (χ1v) is 10.9. The Hall–Kier alpha value is -3.33. The summed E-state index contributed by atoms with van der Waals surface area (Å²) in [6.07, 6.45) is 0. The maximum absolute atomic E-state index is 12.6. The van der Waals surface area contributed by atoms with Crippen LogP contribution >= 0.6 is 35.4 Å². The second-order valence-electron chi connectivity index (χ2n) is 7.26. The van der Waals surface area contributed by atoms with Crippen LogP contribution in [0.5, 0.6) is 11.5 Å². The van der Waals surface area contributed by atoms with Gasteiger partial charge < -0.3 is 19.2 Å². The molecule has 1 aromatic heterocycles. The van der Waals surface area contributed by atoms with Gasteiger partial charge in [0.2, 0.25) is 12.7 Å². The summed E-state index contributed by atoms with van der Waals surface area (Å²) in [5.41, 5.74) is 3.72. The standard InChI is InChI=1S/C23H15Cl2N3O4S/c1-11-2-3-13(22-26-17-9-14(24)8-15(25)20(17)32-22)6-16(11)27-23(33)28-21(29)12-4-5-18-19(7-12)31-10-30-18/h2-9H,10H2,1H3,(H2,27,28,29,33). The minimum atomic E-state index is -0.370. The van der Waals surface area contributed by atoms with Crippen molar-refractivity contribution < 1.29 is 18.7 Å². The molecule has 0 atom stereocenters. The number of fused-ring (bicyclic) bond motifs is 2. The zero-order valence-electron chi connectivity index (χ0n) is 17.1. The van der Waals surface area contributed by atoms with Crippen molar-refractivity contribution in [1.29, 1.82) is 0 Å². The smallest absolute Gasteiger partial charge is 0.257 e. The number of amides is 1. The van der Waals surface area contributed by atoms with Crippen molar-refractivity contribution in [3.8, 4) is 23.0 Å². The molecular weight excluding hydrogens is 485 g/mol. The number of carbonyl (C=O) groups is 1. The molecule has 2 heterocycles. The molecule has 0 aliphatic carbocycles. The summed E-state index contributed by atoms with van der Waals surface area (Å²) in [6.45, 7) is 2.05. The van der Waals surface area contributed by atoms with E-state index in [1.807, 2.05) is 25.1 Å². The third-order valence-electron chi connectivity index (χ3n) is 5.00. The predicted octanol–water partition coefficient (Wildman–Crippen LogP) is 5.97. The Labute approximate surface area is 203 Å². The number of nitrogens with zero attached hydrogens (tertiary/aromatic N) is 1. The highest BCUT2D eigenvalue weighted by molar-refractivity contribution is 7.80. The average Bonchev–Trinajstić information content (AvgIpc) is 3.41. The molecule has 5 rings (SSSR count). The van der Waals surface area contributed by atoms with Gasteiger partial charge in [-0.2, -0.15) is 0 Å². The van der Waals surface area contributed by atoms with E-state index in [1.54, 1.807) is 30.3 Å². The fourth-order valence-electron chi connectivity index (χ4n) is 3.34. The summed E-state index contributed by atoms with van der Waals surface area (Å²) < 4.78 is 16.4. The maximum atomic E-state index is 12.6. The van der Waals surface area contributed by atoms with Crippen LogP contribution in [0.15, 0.2) is 52.9 Å². The van der Waals surface area contributed by atoms with Gasteiger partial charge in [-0.25, -0.2) is 4.98 Å².